The van der Waals surface area contributed by atoms with Crippen LogP contribution in [0, 0.1) is 0 Å². The maximum atomic E-state index is 12.9. The fraction of sp³-hybridized carbons (Fsp3) is 0.526. The normalized spacial score (nSPS) is 24.7. The molecule has 0 spiro atoms. The minimum Gasteiger partial charge on any atom is -0.341 e. The van der Waals surface area contributed by atoms with Gasteiger partial charge in [-0.25, -0.2) is 4.79 Å². The summed E-state index contributed by atoms with van der Waals surface area (Å²) in [5.41, 5.74) is -0.399. The summed E-state index contributed by atoms with van der Waals surface area (Å²) in [6.07, 6.45) is 5.42. The van der Waals surface area contributed by atoms with E-state index in [4.69, 9.17) is 0 Å². The minimum atomic E-state index is -1.12. The summed E-state index contributed by atoms with van der Waals surface area (Å²) >= 11 is 0. The maximum absolute atomic E-state index is 12.9. The molecule has 1 aromatic carbocycles. The third-order valence-electron chi connectivity index (χ3n) is 5.13. The van der Waals surface area contributed by atoms with Gasteiger partial charge in [-0.3, -0.25) is 14.5 Å². The summed E-state index contributed by atoms with van der Waals surface area (Å²) in [6, 6.07) is 8.62. The highest BCUT2D eigenvalue weighted by Gasteiger charge is 2.49. The van der Waals surface area contributed by atoms with Gasteiger partial charge in [0.15, 0.2) is 0 Å². The van der Waals surface area contributed by atoms with Gasteiger partial charge in [0.25, 0.3) is 5.91 Å². The molecule has 2 aliphatic rings. The Morgan fingerprint density at radius 3 is 2.28 bits per heavy atom. The molecule has 134 valence electrons. The van der Waals surface area contributed by atoms with Crippen LogP contribution >= 0.6 is 0 Å². The molecule has 0 saturated carbocycles. The maximum Gasteiger partial charge on any atom is 0.325 e. The first-order valence-corrected chi connectivity index (χ1v) is 9.00. The number of carbonyl (C=O) groups is 3. The van der Waals surface area contributed by atoms with Gasteiger partial charge in [0, 0.05) is 13.1 Å². The summed E-state index contributed by atoms with van der Waals surface area (Å²) in [6.45, 7) is 2.91. The number of carbonyl (C=O) groups excluding carboxylic acids is 3. The first-order valence-electron chi connectivity index (χ1n) is 9.00. The molecular formula is C19H25N3O3. The Kier molecular flexibility index (Phi) is 5.06. The van der Waals surface area contributed by atoms with Crippen LogP contribution in [-0.2, 0) is 15.1 Å². The van der Waals surface area contributed by atoms with Crippen LogP contribution < -0.4 is 5.32 Å². The van der Waals surface area contributed by atoms with Crippen molar-refractivity contribution in [2.45, 2.75) is 44.6 Å². The molecule has 4 amide bonds. The average Bonchev–Trinajstić information content (AvgIpc) is 2.79. The highest BCUT2D eigenvalue weighted by molar-refractivity contribution is 6.09. The van der Waals surface area contributed by atoms with Crippen molar-refractivity contribution in [1.29, 1.82) is 0 Å². The van der Waals surface area contributed by atoms with Gasteiger partial charge in [-0.1, -0.05) is 49.6 Å². The van der Waals surface area contributed by atoms with E-state index < -0.39 is 11.6 Å². The van der Waals surface area contributed by atoms with Gasteiger partial charge in [0.05, 0.1) is 0 Å². The van der Waals surface area contributed by atoms with Crippen LogP contribution in [0.1, 0.15) is 44.6 Å². The lowest BCUT2D eigenvalue weighted by Crippen LogP contribution is -2.45. The van der Waals surface area contributed by atoms with Crippen molar-refractivity contribution in [3.8, 4) is 0 Å². The second kappa shape index (κ2) is 7.25. The molecule has 1 aromatic rings. The van der Waals surface area contributed by atoms with Crippen molar-refractivity contribution in [3.05, 3.63) is 35.9 Å². The average molecular weight is 343 g/mol. The number of nitrogens with zero attached hydrogens (tertiary/aromatic N) is 2. The van der Waals surface area contributed by atoms with Crippen LogP contribution in [-0.4, -0.2) is 47.3 Å². The Bertz CT molecular complexity index is 653. The van der Waals surface area contributed by atoms with E-state index in [2.05, 4.69) is 5.32 Å². The van der Waals surface area contributed by atoms with E-state index in [0.29, 0.717) is 13.1 Å². The molecule has 6 heteroatoms. The molecule has 0 aliphatic carbocycles. The lowest BCUT2D eigenvalue weighted by Gasteiger charge is -2.27. The molecule has 0 radical (unpaired) electrons. The zero-order valence-corrected chi connectivity index (χ0v) is 14.7. The monoisotopic (exact) mass is 343 g/mol. The smallest absolute Gasteiger partial charge is 0.325 e. The van der Waals surface area contributed by atoms with Crippen molar-refractivity contribution in [1.82, 2.24) is 15.1 Å². The molecule has 1 atom stereocenters. The Morgan fingerprint density at radius 2 is 1.64 bits per heavy atom. The van der Waals surface area contributed by atoms with Crippen molar-refractivity contribution in [2.75, 3.05) is 19.6 Å². The Morgan fingerprint density at radius 1 is 1.04 bits per heavy atom. The number of hydrogen-bond acceptors (Lipinski definition) is 3. The van der Waals surface area contributed by atoms with Crippen molar-refractivity contribution >= 4 is 17.8 Å². The number of likely N-dealkylation sites (tertiary alicyclic amines) is 1. The Hall–Kier alpha value is -2.37. The summed E-state index contributed by atoms with van der Waals surface area (Å²) in [5.74, 6) is -0.521. The fourth-order valence-electron chi connectivity index (χ4n) is 3.54. The standard InChI is InChI=1S/C19H25N3O3/c1-19(15-10-6-5-7-11-15)17(24)22(18(25)20-19)14-16(23)21-12-8-3-2-4-9-13-21/h5-7,10-11H,2-4,8-9,12-14H2,1H3,(H,20,25). The summed E-state index contributed by atoms with van der Waals surface area (Å²) in [5, 5.41) is 2.74. The fourth-order valence-corrected chi connectivity index (χ4v) is 3.54. The quantitative estimate of drug-likeness (QED) is 0.856. The van der Waals surface area contributed by atoms with E-state index >= 15 is 0 Å². The van der Waals surface area contributed by atoms with E-state index in [1.54, 1.807) is 11.8 Å². The largest absolute Gasteiger partial charge is 0.341 e. The van der Waals surface area contributed by atoms with E-state index in [-0.39, 0.29) is 18.4 Å². The van der Waals surface area contributed by atoms with Gasteiger partial charge in [-0.2, -0.15) is 0 Å². The molecule has 1 unspecified atom stereocenters. The third kappa shape index (κ3) is 3.52. The Labute approximate surface area is 148 Å². The van der Waals surface area contributed by atoms with Crippen LogP contribution in [0.5, 0.6) is 0 Å². The molecule has 6 nitrogen and oxygen atoms in total. The summed E-state index contributed by atoms with van der Waals surface area (Å²) in [4.78, 5) is 40.6. The van der Waals surface area contributed by atoms with Gasteiger partial charge in [0.1, 0.15) is 12.1 Å². The first kappa shape index (κ1) is 17.5. The number of urea groups is 1. The minimum absolute atomic E-state index is 0.150. The van der Waals surface area contributed by atoms with Crippen LogP contribution in [0.15, 0.2) is 30.3 Å². The van der Waals surface area contributed by atoms with Crippen LogP contribution in [0.3, 0.4) is 0 Å². The zero-order valence-electron chi connectivity index (χ0n) is 14.7. The molecule has 2 heterocycles. The number of benzene rings is 1. The second-order valence-corrected chi connectivity index (χ2v) is 6.96. The molecule has 1 N–H and O–H groups in total. The molecule has 2 fully saturated rings. The molecule has 3 rings (SSSR count). The van der Waals surface area contributed by atoms with Crippen LogP contribution in [0.2, 0.25) is 0 Å². The predicted octanol–water partition coefficient (Wildman–Crippen LogP) is 2.25. The van der Waals surface area contributed by atoms with E-state index in [1.807, 2.05) is 30.3 Å². The van der Waals surface area contributed by atoms with Gasteiger partial charge < -0.3 is 10.2 Å². The van der Waals surface area contributed by atoms with Gasteiger partial charge in [-0.15, -0.1) is 0 Å². The molecular weight excluding hydrogens is 318 g/mol. The van der Waals surface area contributed by atoms with E-state index in [0.717, 1.165) is 36.1 Å². The molecule has 0 bridgehead atoms. The number of imide groups is 1. The summed E-state index contributed by atoms with van der Waals surface area (Å²) in [7, 11) is 0. The zero-order chi connectivity index (χ0) is 17.9. The highest BCUT2D eigenvalue weighted by atomic mass is 16.2. The highest BCUT2D eigenvalue weighted by Crippen LogP contribution is 2.28. The van der Waals surface area contributed by atoms with Gasteiger partial charge >= 0.3 is 6.03 Å². The van der Waals surface area contributed by atoms with E-state index in [1.165, 1.54) is 6.42 Å². The lowest BCUT2D eigenvalue weighted by atomic mass is 9.92. The lowest BCUT2D eigenvalue weighted by molar-refractivity contribution is -0.139. The molecule has 0 aromatic heterocycles. The van der Waals surface area contributed by atoms with Crippen molar-refractivity contribution in [2.24, 2.45) is 0 Å². The molecule has 2 saturated heterocycles. The Balaban J connectivity index is 1.71. The number of rotatable bonds is 3. The van der Waals surface area contributed by atoms with E-state index in [9.17, 15) is 14.4 Å². The SMILES string of the molecule is CC1(c2ccccc2)NC(=O)N(CC(=O)N2CCCCCCC2)C1=O. The first-order chi connectivity index (χ1) is 12.0. The topological polar surface area (TPSA) is 69.7 Å². The number of nitrogens with one attached hydrogen (secondary N) is 1. The predicted molar refractivity (Wildman–Crippen MR) is 93.7 cm³/mol. The van der Waals surface area contributed by atoms with Crippen molar-refractivity contribution < 1.29 is 14.4 Å². The van der Waals surface area contributed by atoms with Crippen molar-refractivity contribution in [3.63, 3.8) is 0 Å². The van der Waals surface area contributed by atoms with Gasteiger partial charge in [0.2, 0.25) is 5.91 Å². The van der Waals surface area contributed by atoms with Crippen LogP contribution in [0.25, 0.3) is 0 Å². The number of hydrogen-bond donors (Lipinski definition) is 1. The summed E-state index contributed by atoms with van der Waals surface area (Å²) < 4.78 is 0. The van der Waals surface area contributed by atoms with Gasteiger partial charge in [-0.05, 0) is 25.3 Å². The number of amides is 4. The van der Waals surface area contributed by atoms with Crippen LogP contribution in [0.4, 0.5) is 4.79 Å². The molecule has 2 aliphatic heterocycles. The third-order valence-corrected chi connectivity index (χ3v) is 5.13. The second-order valence-electron chi connectivity index (χ2n) is 6.96. The molecule has 25 heavy (non-hydrogen) atoms.